The molecule has 1 rings (SSSR count). The highest BCUT2D eigenvalue weighted by Gasteiger charge is 2.12. The maximum atomic E-state index is 11.7. The molecule has 0 spiro atoms. The van der Waals surface area contributed by atoms with Crippen LogP contribution in [0.5, 0.6) is 0 Å². The molecular formula is C13H19IN2O. The Kier molecular flexibility index (Phi) is 5.74. The van der Waals surface area contributed by atoms with Crippen molar-refractivity contribution in [1.82, 2.24) is 5.32 Å². The fourth-order valence-electron chi connectivity index (χ4n) is 1.45. The van der Waals surface area contributed by atoms with E-state index in [1.54, 1.807) is 0 Å². The summed E-state index contributed by atoms with van der Waals surface area (Å²) in [5.41, 5.74) is 2.18. The molecule has 0 saturated carbocycles. The number of hydrogen-bond acceptors (Lipinski definition) is 2. The summed E-state index contributed by atoms with van der Waals surface area (Å²) in [7, 11) is 0. The molecule has 0 heterocycles. The van der Waals surface area contributed by atoms with Crippen molar-refractivity contribution in [3.63, 3.8) is 0 Å². The number of halogens is 1. The Balaban J connectivity index is 2.64. The third kappa shape index (κ3) is 4.53. The average molecular weight is 346 g/mol. The van der Waals surface area contributed by atoms with Gasteiger partial charge >= 0.3 is 0 Å². The Morgan fingerprint density at radius 2 is 2.18 bits per heavy atom. The lowest BCUT2D eigenvalue weighted by Gasteiger charge is -2.17. The van der Waals surface area contributed by atoms with Gasteiger partial charge in [-0.1, -0.05) is 13.0 Å². The summed E-state index contributed by atoms with van der Waals surface area (Å²) >= 11 is 2.27. The normalized spacial score (nSPS) is 12.0. The van der Waals surface area contributed by atoms with Crippen molar-refractivity contribution in [2.75, 3.05) is 11.9 Å². The molecule has 1 aromatic carbocycles. The molecule has 0 aliphatic rings. The number of anilines is 1. The van der Waals surface area contributed by atoms with Gasteiger partial charge in [0.2, 0.25) is 5.91 Å². The monoisotopic (exact) mass is 346 g/mol. The minimum atomic E-state index is -0.210. The Labute approximate surface area is 117 Å². The van der Waals surface area contributed by atoms with E-state index in [1.165, 1.54) is 0 Å². The first-order valence-corrected chi connectivity index (χ1v) is 6.93. The van der Waals surface area contributed by atoms with E-state index in [2.05, 4.69) is 51.4 Å². The van der Waals surface area contributed by atoms with E-state index in [-0.39, 0.29) is 11.9 Å². The zero-order valence-corrected chi connectivity index (χ0v) is 12.7. The molecule has 94 valence electrons. The molecule has 17 heavy (non-hydrogen) atoms. The van der Waals surface area contributed by atoms with E-state index in [0.29, 0.717) is 0 Å². The van der Waals surface area contributed by atoms with Crippen LogP contribution in [0, 0.1) is 10.5 Å². The van der Waals surface area contributed by atoms with Crippen molar-refractivity contribution in [3.05, 3.63) is 27.3 Å². The smallest absolute Gasteiger partial charge is 0.242 e. The number of carbonyl (C=O) groups is 1. The molecule has 2 N–H and O–H groups in total. The van der Waals surface area contributed by atoms with Crippen LogP contribution in [0.15, 0.2) is 18.2 Å². The van der Waals surface area contributed by atoms with Gasteiger partial charge in [-0.25, -0.2) is 0 Å². The van der Waals surface area contributed by atoms with Crippen LogP contribution in [0.2, 0.25) is 0 Å². The maximum Gasteiger partial charge on any atom is 0.242 e. The molecule has 0 aliphatic heterocycles. The van der Waals surface area contributed by atoms with E-state index in [1.807, 2.05) is 20.8 Å². The van der Waals surface area contributed by atoms with Gasteiger partial charge in [0.25, 0.3) is 0 Å². The van der Waals surface area contributed by atoms with E-state index >= 15 is 0 Å². The summed E-state index contributed by atoms with van der Waals surface area (Å²) in [4.78, 5) is 11.7. The first-order valence-electron chi connectivity index (χ1n) is 5.85. The van der Waals surface area contributed by atoms with Crippen molar-refractivity contribution in [3.8, 4) is 0 Å². The second-order valence-electron chi connectivity index (χ2n) is 4.12. The van der Waals surface area contributed by atoms with Gasteiger partial charge in [-0.15, -0.1) is 0 Å². The van der Waals surface area contributed by atoms with Gasteiger partial charge in [-0.2, -0.15) is 0 Å². The van der Waals surface area contributed by atoms with Crippen molar-refractivity contribution in [2.24, 2.45) is 0 Å². The Bertz CT molecular complexity index is 393. The quantitative estimate of drug-likeness (QED) is 0.805. The van der Waals surface area contributed by atoms with Gasteiger partial charge in [0.05, 0.1) is 0 Å². The minimum Gasteiger partial charge on any atom is -0.374 e. The third-order valence-corrected chi connectivity index (χ3v) is 3.19. The molecule has 0 bridgehead atoms. The molecular weight excluding hydrogens is 327 g/mol. The van der Waals surface area contributed by atoms with Crippen molar-refractivity contribution in [2.45, 2.75) is 33.2 Å². The lowest BCUT2D eigenvalue weighted by atomic mass is 10.2. The third-order valence-electron chi connectivity index (χ3n) is 2.51. The van der Waals surface area contributed by atoms with Crippen molar-refractivity contribution >= 4 is 34.2 Å². The van der Waals surface area contributed by atoms with Crippen LogP contribution in [0.1, 0.15) is 25.8 Å². The lowest BCUT2D eigenvalue weighted by Crippen LogP contribution is -2.38. The molecule has 0 radical (unpaired) electrons. The SMILES string of the molecule is CCCNC(=O)C(C)Nc1cc(I)ccc1C. The van der Waals surface area contributed by atoms with Gasteiger partial charge in [0.1, 0.15) is 6.04 Å². The minimum absolute atomic E-state index is 0.0464. The summed E-state index contributed by atoms with van der Waals surface area (Å²) < 4.78 is 1.16. The van der Waals surface area contributed by atoms with Crippen molar-refractivity contribution in [1.29, 1.82) is 0 Å². The Morgan fingerprint density at radius 3 is 2.82 bits per heavy atom. The molecule has 3 nitrogen and oxygen atoms in total. The second kappa shape index (κ2) is 6.83. The van der Waals surface area contributed by atoms with Crippen LogP contribution >= 0.6 is 22.6 Å². The molecule has 0 fully saturated rings. The molecule has 1 aromatic rings. The topological polar surface area (TPSA) is 41.1 Å². The number of amides is 1. The zero-order valence-electron chi connectivity index (χ0n) is 10.5. The molecule has 0 aromatic heterocycles. The largest absolute Gasteiger partial charge is 0.374 e. The Hall–Kier alpha value is -0.780. The fraction of sp³-hybridized carbons (Fsp3) is 0.462. The predicted octanol–water partition coefficient (Wildman–Crippen LogP) is 2.93. The van der Waals surface area contributed by atoms with Gasteiger partial charge in [-0.05, 0) is 60.6 Å². The second-order valence-corrected chi connectivity index (χ2v) is 5.36. The summed E-state index contributed by atoms with van der Waals surface area (Å²) in [5.74, 6) is 0.0464. The van der Waals surface area contributed by atoms with Crippen LogP contribution in [0.3, 0.4) is 0 Å². The van der Waals surface area contributed by atoms with E-state index in [0.717, 1.165) is 27.8 Å². The molecule has 0 aliphatic carbocycles. The van der Waals surface area contributed by atoms with Crippen LogP contribution in [0.25, 0.3) is 0 Å². The van der Waals surface area contributed by atoms with Crippen LogP contribution in [0.4, 0.5) is 5.69 Å². The molecule has 1 atom stereocenters. The number of hydrogen-bond donors (Lipinski definition) is 2. The van der Waals surface area contributed by atoms with E-state index < -0.39 is 0 Å². The summed E-state index contributed by atoms with van der Waals surface area (Å²) in [6.45, 7) is 6.69. The predicted molar refractivity (Wildman–Crippen MR) is 80.3 cm³/mol. The summed E-state index contributed by atoms with van der Waals surface area (Å²) in [6, 6.07) is 5.96. The van der Waals surface area contributed by atoms with Crippen LogP contribution < -0.4 is 10.6 Å². The van der Waals surface area contributed by atoms with E-state index in [9.17, 15) is 4.79 Å². The fourth-order valence-corrected chi connectivity index (χ4v) is 1.94. The van der Waals surface area contributed by atoms with Gasteiger partial charge in [0, 0.05) is 15.8 Å². The lowest BCUT2D eigenvalue weighted by molar-refractivity contribution is -0.121. The Morgan fingerprint density at radius 1 is 1.47 bits per heavy atom. The molecule has 1 amide bonds. The number of aryl methyl sites for hydroxylation is 1. The zero-order chi connectivity index (χ0) is 12.8. The molecule has 1 unspecified atom stereocenters. The van der Waals surface area contributed by atoms with Gasteiger partial charge in [0.15, 0.2) is 0 Å². The first-order chi connectivity index (χ1) is 8.04. The maximum absolute atomic E-state index is 11.7. The van der Waals surface area contributed by atoms with Crippen LogP contribution in [-0.2, 0) is 4.79 Å². The average Bonchev–Trinajstić information content (AvgIpc) is 2.30. The van der Waals surface area contributed by atoms with E-state index in [4.69, 9.17) is 0 Å². The van der Waals surface area contributed by atoms with Gasteiger partial charge in [-0.3, -0.25) is 4.79 Å². The highest BCUT2D eigenvalue weighted by atomic mass is 127. The first kappa shape index (κ1) is 14.3. The standard InChI is InChI=1S/C13H19IN2O/c1-4-7-15-13(17)10(3)16-12-8-11(14)6-5-9(12)2/h5-6,8,10,16H,4,7H2,1-3H3,(H,15,17). The number of nitrogens with one attached hydrogen (secondary N) is 2. The highest BCUT2D eigenvalue weighted by molar-refractivity contribution is 14.1. The number of benzene rings is 1. The number of rotatable bonds is 5. The molecule has 0 saturated heterocycles. The highest BCUT2D eigenvalue weighted by Crippen LogP contribution is 2.18. The summed E-state index contributed by atoms with van der Waals surface area (Å²) in [5, 5.41) is 6.13. The van der Waals surface area contributed by atoms with Crippen molar-refractivity contribution < 1.29 is 4.79 Å². The van der Waals surface area contributed by atoms with Gasteiger partial charge < -0.3 is 10.6 Å². The summed E-state index contributed by atoms with van der Waals surface area (Å²) in [6.07, 6.45) is 0.959. The van der Waals surface area contributed by atoms with Crippen LogP contribution in [-0.4, -0.2) is 18.5 Å². The molecule has 4 heteroatoms. The number of carbonyl (C=O) groups excluding carboxylic acids is 1.